The lowest BCUT2D eigenvalue weighted by Gasteiger charge is -2.04. The number of rotatable bonds is 10. The molecule has 0 fully saturated rings. The lowest BCUT2D eigenvalue weighted by atomic mass is 10.1. The number of para-hydroxylation sites is 1. The minimum Gasteiger partial charge on any atom is -0.361 e. The molecule has 0 aliphatic heterocycles. The molecule has 0 saturated heterocycles. The van der Waals surface area contributed by atoms with Crippen molar-refractivity contribution in [3.63, 3.8) is 0 Å². The molecule has 2 aromatic heterocycles. The van der Waals surface area contributed by atoms with Crippen molar-refractivity contribution in [2.75, 3.05) is 12.3 Å². The molecule has 2 N–H and O–H groups in total. The number of hydrogen-bond donors (Lipinski definition) is 2. The number of H-pyrrole nitrogens is 1. The van der Waals surface area contributed by atoms with Crippen LogP contribution >= 0.6 is 23.1 Å². The molecule has 0 unspecified atom stereocenters. The third-order valence-electron chi connectivity index (χ3n) is 5.27. The maximum Gasteiger partial charge on any atom is 0.226 e. The summed E-state index contributed by atoms with van der Waals surface area (Å²) in [6, 6.07) is 15.9. The first-order valence-electron chi connectivity index (χ1n) is 10.6. The molecule has 0 atom stereocenters. The minimum absolute atomic E-state index is 0.0428. The van der Waals surface area contributed by atoms with Crippen LogP contribution < -0.4 is 5.32 Å². The summed E-state index contributed by atoms with van der Waals surface area (Å²) in [5, 5.41) is 6.06. The Bertz CT molecular complexity index is 1210. The van der Waals surface area contributed by atoms with Gasteiger partial charge >= 0.3 is 0 Å². The van der Waals surface area contributed by atoms with E-state index in [1.807, 2.05) is 54.0 Å². The maximum atomic E-state index is 12.4. The molecule has 2 aromatic carbocycles. The molecule has 4 aromatic rings. The largest absolute Gasteiger partial charge is 0.361 e. The fourth-order valence-electron chi connectivity index (χ4n) is 3.47. The second kappa shape index (κ2) is 10.6. The van der Waals surface area contributed by atoms with E-state index in [1.165, 1.54) is 39.6 Å². The van der Waals surface area contributed by atoms with E-state index >= 15 is 0 Å². The van der Waals surface area contributed by atoms with Gasteiger partial charge in [-0.05, 0) is 30.0 Å². The average Bonchev–Trinajstić information content (AvgIpc) is 3.44. The van der Waals surface area contributed by atoms with Crippen LogP contribution in [0.1, 0.15) is 34.1 Å². The number of thiazole rings is 1. The third-order valence-corrected chi connectivity index (χ3v) is 7.34. The number of Topliss-reactive ketones (excluding diaryl/α,β-unsaturated/α-hetero) is 1. The van der Waals surface area contributed by atoms with Crippen molar-refractivity contribution in [1.82, 2.24) is 15.3 Å². The second-order valence-electron chi connectivity index (χ2n) is 7.50. The number of aryl methyl sites for hydroxylation is 1. The topological polar surface area (TPSA) is 74.8 Å². The van der Waals surface area contributed by atoms with Gasteiger partial charge in [0, 0.05) is 34.6 Å². The predicted molar refractivity (Wildman–Crippen MR) is 132 cm³/mol. The van der Waals surface area contributed by atoms with Gasteiger partial charge in [-0.1, -0.05) is 61.2 Å². The number of nitrogens with one attached hydrogen (secondary N) is 2. The standard InChI is InChI=1S/C25H25N3O2S2/c1-2-17-7-9-18(10-8-17)23(29)16-32-25-28-20(15-31-25)13-24(30)26-12-11-19-14-27-22-6-4-3-5-21(19)22/h3-10,14-15,27H,2,11-13,16H2,1H3,(H,26,30). The van der Waals surface area contributed by atoms with E-state index in [0.717, 1.165) is 34.0 Å². The number of benzene rings is 2. The van der Waals surface area contributed by atoms with Gasteiger partial charge in [-0.3, -0.25) is 9.59 Å². The maximum absolute atomic E-state index is 12.4. The molecule has 0 radical (unpaired) electrons. The number of hydrogen-bond acceptors (Lipinski definition) is 5. The molecule has 1 amide bonds. The van der Waals surface area contributed by atoms with Gasteiger partial charge in [-0.15, -0.1) is 11.3 Å². The number of ketones is 1. The zero-order chi connectivity index (χ0) is 22.3. The fraction of sp³-hybridized carbons (Fsp3) is 0.240. The molecule has 32 heavy (non-hydrogen) atoms. The molecular formula is C25H25N3O2S2. The van der Waals surface area contributed by atoms with Gasteiger partial charge in [-0.25, -0.2) is 4.98 Å². The summed E-state index contributed by atoms with van der Waals surface area (Å²) in [5.74, 6) is 0.387. The predicted octanol–water partition coefficient (Wildman–Crippen LogP) is 5.06. The van der Waals surface area contributed by atoms with Crippen LogP contribution in [0.4, 0.5) is 0 Å². The van der Waals surface area contributed by atoms with Crippen LogP contribution in [0.15, 0.2) is 64.4 Å². The Morgan fingerprint density at radius 1 is 1.12 bits per heavy atom. The molecule has 0 saturated carbocycles. The Labute approximate surface area is 195 Å². The SMILES string of the molecule is CCc1ccc(C(=O)CSc2nc(CC(=O)NCCc3c[nH]c4ccccc34)cs2)cc1. The van der Waals surface area contributed by atoms with Crippen molar-refractivity contribution in [1.29, 1.82) is 0 Å². The van der Waals surface area contributed by atoms with E-state index in [9.17, 15) is 9.59 Å². The zero-order valence-corrected chi connectivity index (χ0v) is 19.5. The van der Waals surface area contributed by atoms with E-state index in [1.54, 1.807) is 0 Å². The zero-order valence-electron chi connectivity index (χ0n) is 17.9. The van der Waals surface area contributed by atoms with Crippen LogP contribution in [0.25, 0.3) is 10.9 Å². The van der Waals surface area contributed by atoms with E-state index in [4.69, 9.17) is 0 Å². The van der Waals surface area contributed by atoms with E-state index < -0.39 is 0 Å². The Morgan fingerprint density at radius 2 is 1.94 bits per heavy atom. The van der Waals surface area contributed by atoms with Crippen molar-refractivity contribution >= 4 is 45.7 Å². The van der Waals surface area contributed by atoms with E-state index in [0.29, 0.717) is 12.3 Å². The highest BCUT2D eigenvalue weighted by atomic mass is 32.2. The van der Waals surface area contributed by atoms with Crippen LogP contribution in [-0.4, -0.2) is 34.0 Å². The molecular weight excluding hydrogens is 438 g/mol. The molecule has 7 heteroatoms. The van der Waals surface area contributed by atoms with E-state index in [2.05, 4.69) is 28.3 Å². The minimum atomic E-state index is -0.0428. The van der Waals surface area contributed by atoms with Crippen molar-refractivity contribution < 1.29 is 9.59 Å². The number of nitrogens with zero attached hydrogens (tertiary/aromatic N) is 1. The van der Waals surface area contributed by atoms with Crippen molar-refractivity contribution in [2.45, 2.75) is 30.5 Å². The van der Waals surface area contributed by atoms with Crippen molar-refractivity contribution in [3.8, 4) is 0 Å². The molecule has 0 aliphatic carbocycles. The highest BCUT2D eigenvalue weighted by molar-refractivity contribution is 8.01. The number of amides is 1. The van der Waals surface area contributed by atoms with Crippen molar-refractivity contribution in [3.05, 3.63) is 82.5 Å². The summed E-state index contributed by atoms with van der Waals surface area (Å²) in [6.07, 6.45) is 3.98. The number of fused-ring (bicyclic) bond motifs is 1. The summed E-state index contributed by atoms with van der Waals surface area (Å²) in [4.78, 5) is 32.5. The Kier molecular flexibility index (Phi) is 7.39. The number of aromatic amines is 1. The highest BCUT2D eigenvalue weighted by Crippen LogP contribution is 2.24. The summed E-state index contributed by atoms with van der Waals surface area (Å²) in [5.41, 5.74) is 4.99. The Morgan fingerprint density at radius 3 is 2.75 bits per heavy atom. The number of carbonyl (C=O) groups is 2. The van der Waals surface area contributed by atoms with Crippen LogP contribution in [0.2, 0.25) is 0 Å². The van der Waals surface area contributed by atoms with Crippen LogP contribution in [0.3, 0.4) is 0 Å². The quantitative estimate of drug-likeness (QED) is 0.255. The molecule has 0 aliphatic rings. The van der Waals surface area contributed by atoms with Gasteiger partial charge in [-0.2, -0.15) is 0 Å². The second-order valence-corrected chi connectivity index (χ2v) is 9.58. The third kappa shape index (κ3) is 5.66. The van der Waals surface area contributed by atoms with E-state index in [-0.39, 0.29) is 18.1 Å². The van der Waals surface area contributed by atoms with Crippen LogP contribution in [0.5, 0.6) is 0 Å². The molecule has 164 valence electrons. The first kappa shape index (κ1) is 22.3. The number of thioether (sulfide) groups is 1. The number of aromatic nitrogens is 2. The summed E-state index contributed by atoms with van der Waals surface area (Å²) >= 11 is 2.89. The molecule has 0 bridgehead atoms. The molecule has 4 rings (SSSR count). The summed E-state index contributed by atoms with van der Waals surface area (Å²) < 4.78 is 0.810. The summed E-state index contributed by atoms with van der Waals surface area (Å²) in [6.45, 7) is 2.68. The fourth-order valence-corrected chi connectivity index (χ4v) is 5.21. The Balaban J connectivity index is 1.22. The molecule has 0 spiro atoms. The Hall–Kier alpha value is -2.90. The van der Waals surface area contributed by atoms with Crippen molar-refractivity contribution in [2.24, 2.45) is 0 Å². The molecule has 2 heterocycles. The number of carbonyl (C=O) groups excluding carboxylic acids is 2. The van der Waals surface area contributed by atoms with Gasteiger partial charge in [0.2, 0.25) is 5.91 Å². The van der Waals surface area contributed by atoms with Gasteiger partial charge in [0.1, 0.15) is 0 Å². The first-order valence-corrected chi connectivity index (χ1v) is 12.5. The van der Waals surface area contributed by atoms with Gasteiger partial charge in [0.05, 0.1) is 17.9 Å². The van der Waals surface area contributed by atoms with Crippen LogP contribution in [0, 0.1) is 0 Å². The summed E-state index contributed by atoms with van der Waals surface area (Å²) in [7, 11) is 0. The normalized spacial score (nSPS) is 11.0. The van der Waals surface area contributed by atoms with Gasteiger partial charge in [0.15, 0.2) is 10.1 Å². The lowest BCUT2D eigenvalue weighted by molar-refractivity contribution is -0.120. The van der Waals surface area contributed by atoms with Crippen LogP contribution in [-0.2, 0) is 24.1 Å². The smallest absolute Gasteiger partial charge is 0.226 e. The highest BCUT2D eigenvalue weighted by Gasteiger charge is 2.11. The molecule has 5 nitrogen and oxygen atoms in total. The van der Waals surface area contributed by atoms with Gasteiger partial charge < -0.3 is 10.3 Å². The average molecular weight is 464 g/mol. The first-order chi connectivity index (χ1) is 15.6. The van der Waals surface area contributed by atoms with Gasteiger partial charge in [0.25, 0.3) is 0 Å². The lowest BCUT2D eigenvalue weighted by Crippen LogP contribution is -2.27. The monoisotopic (exact) mass is 463 g/mol.